The summed E-state index contributed by atoms with van der Waals surface area (Å²) in [5, 5.41) is 9.31. The first-order valence-electron chi connectivity index (χ1n) is 5.81. The predicted molar refractivity (Wildman–Crippen MR) is 70.6 cm³/mol. The molecule has 0 saturated heterocycles. The molecule has 2 atom stereocenters. The second kappa shape index (κ2) is 6.99. The van der Waals surface area contributed by atoms with Crippen LogP contribution in [0.15, 0.2) is 29.2 Å². The van der Waals surface area contributed by atoms with Gasteiger partial charge in [0.25, 0.3) is 0 Å². The third-order valence-corrected chi connectivity index (χ3v) is 3.85. The number of halogens is 1. The van der Waals surface area contributed by atoms with E-state index < -0.39 is 0 Å². The van der Waals surface area contributed by atoms with Crippen LogP contribution >= 0.6 is 11.8 Å². The third-order valence-electron chi connectivity index (χ3n) is 2.50. The summed E-state index contributed by atoms with van der Waals surface area (Å²) in [5.74, 6) is 0.259. The monoisotopic (exact) mass is 257 g/mol. The van der Waals surface area contributed by atoms with Gasteiger partial charge in [0.15, 0.2) is 0 Å². The van der Waals surface area contributed by atoms with Gasteiger partial charge in [0, 0.05) is 16.2 Å². The van der Waals surface area contributed by atoms with Crippen molar-refractivity contribution in [2.24, 2.45) is 11.7 Å². The number of aliphatic hydroxyl groups excluding tert-OH is 1. The smallest absolute Gasteiger partial charge is 0.123 e. The molecule has 0 aliphatic rings. The summed E-state index contributed by atoms with van der Waals surface area (Å²) in [4.78, 5) is 0.935. The summed E-state index contributed by atoms with van der Waals surface area (Å²) in [5.41, 5.74) is 6.05. The quantitative estimate of drug-likeness (QED) is 0.770. The molecule has 2 nitrogen and oxygen atoms in total. The molecule has 1 aromatic carbocycles. The molecular formula is C13H20FNOS. The van der Waals surface area contributed by atoms with Crippen LogP contribution in [0.3, 0.4) is 0 Å². The Hall–Kier alpha value is -0.580. The SMILES string of the molecule is CC(C)CC(N)C(CO)Sc1ccc(F)cc1. The van der Waals surface area contributed by atoms with Crippen LogP contribution in [0.25, 0.3) is 0 Å². The van der Waals surface area contributed by atoms with E-state index in [4.69, 9.17) is 5.73 Å². The third kappa shape index (κ3) is 5.06. The first kappa shape index (κ1) is 14.5. The minimum atomic E-state index is -0.249. The van der Waals surface area contributed by atoms with Crippen LogP contribution in [0.1, 0.15) is 20.3 Å². The zero-order chi connectivity index (χ0) is 12.8. The van der Waals surface area contributed by atoms with Gasteiger partial charge in [0.1, 0.15) is 5.82 Å². The Bertz CT molecular complexity index is 329. The van der Waals surface area contributed by atoms with E-state index in [2.05, 4.69) is 13.8 Å². The van der Waals surface area contributed by atoms with Gasteiger partial charge in [-0.1, -0.05) is 13.8 Å². The fourth-order valence-electron chi connectivity index (χ4n) is 1.64. The lowest BCUT2D eigenvalue weighted by Crippen LogP contribution is -2.36. The molecule has 0 spiro atoms. The molecule has 0 bridgehead atoms. The average Bonchev–Trinajstić information content (AvgIpc) is 2.27. The van der Waals surface area contributed by atoms with Crippen molar-refractivity contribution in [3.05, 3.63) is 30.1 Å². The summed E-state index contributed by atoms with van der Waals surface area (Å²) in [7, 11) is 0. The van der Waals surface area contributed by atoms with Crippen molar-refractivity contribution in [1.29, 1.82) is 0 Å². The van der Waals surface area contributed by atoms with E-state index >= 15 is 0 Å². The Morgan fingerprint density at radius 2 is 1.88 bits per heavy atom. The zero-order valence-corrected chi connectivity index (χ0v) is 11.1. The highest BCUT2D eigenvalue weighted by Gasteiger charge is 2.19. The first-order valence-corrected chi connectivity index (χ1v) is 6.69. The van der Waals surface area contributed by atoms with Crippen molar-refractivity contribution in [2.45, 2.75) is 36.5 Å². The van der Waals surface area contributed by atoms with E-state index in [1.807, 2.05) is 0 Å². The van der Waals surface area contributed by atoms with Crippen molar-refractivity contribution < 1.29 is 9.50 Å². The molecule has 1 rings (SSSR count). The Labute approximate surface area is 106 Å². The molecule has 1 aromatic rings. The van der Waals surface area contributed by atoms with Crippen molar-refractivity contribution >= 4 is 11.8 Å². The number of aliphatic hydroxyl groups is 1. The highest BCUT2D eigenvalue weighted by molar-refractivity contribution is 8.00. The first-order chi connectivity index (χ1) is 8.02. The summed E-state index contributed by atoms with van der Waals surface area (Å²) in [6.07, 6.45) is 0.874. The molecular weight excluding hydrogens is 237 g/mol. The lowest BCUT2D eigenvalue weighted by atomic mass is 10.0. The van der Waals surface area contributed by atoms with Crippen LogP contribution in [0.5, 0.6) is 0 Å². The Balaban J connectivity index is 2.59. The molecule has 0 aliphatic heterocycles. The molecule has 0 fully saturated rings. The second-order valence-electron chi connectivity index (χ2n) is 4.59. The Morgan fingerprint density at radius 3 is 2.35 bits per heavy atom. The van der Waals surface area contributed by atoms with Gasteiger partial charge in [-0.25, -0.2) is 4.39 Å². The Kier molecular flexibility index (Phi) is 5.95. The minimum absolute atomic E-state index is 0.0376. The van der Waals surface area contributed by atoms with Gasteiger partial charge in [-0.3, -0.25) is 0 Å². The maximum atomic E-state index is 12.8. The van der Waals surface area contributed by atoms with Crippen molar-refractivity contribution in [3.8, 4) is 0 Å². The number of nitrogens with two attached hydrogens (primary N) is 1. The van der Waals surface area contributed by atoms with Gasteiger partial charge in [0.2, 0.25) is 0 Å². The molecule has 0 radical (unpaired) electrons. The van der Waals surface area contributed by atoms with E-state index in [1.54, 1.807) is 12.1 Å². The number of hydrogen-bond donors (Lipinski definition) is 2. The van der Waals surface area contributed by atoms with Gasteiger partial charge in [0.05, 0.1) is 6.61 Å². The van der Waals surface area contributed by atoms with E-state index in [9.17, 15) is 9.50 Å². The van der Waals surface area contributed by atoms with E-state index in [0.717, 1.165) is 11.3 Å². The molecule has 2 unspecified atom stereocenters. The molecule has 0 aromatic heterocycles. The van der Waals surface area contributed by atoms with Gasteiger partial charge in [-0.2, -0.15) is 0 Å². The summed E-state index contributed by atoms with van der Waals surface area (Å²) in [6.45, 7) is 4.25. The van der Waals surface area contributed by atoms with Crippen LogP contribution < -0.4 is 5.73 Å². The van der Waals surface area contributed by atoms with E-state index in [-0.39, 0.29) is 23.7 Å². The lowest BCUT2D eigenvalue weighted by Gasteiger charge is -2.23. The van der Waals surface area contributed by atoms with Crippen molar-refractivity contribution in [1.82, 2.24) is 0 Å². The van der Waals surface area contributed by atoms with Crippen LogP contribution in [-0.2, 0) is 0 Å². The Morgan fingerprint density at radius 1 is 1.29 bits per heavy atom. The number of rotatable bonds is 6. The largest absolute Gasteiger partial charge is 0.395 e. The molecule has 0 amide bonds. The van der Waals surface area contributed by atoms with Gasteiger partial charge in [-0.15, -0.1) is 11.8 Å². The maximum Gasteiger partial charge on any atom is 0.123 e. The number of thioether (sulfide) groups is 1. The summed E-state index contributed by atoms with van der Waals surface area (Å²) in [6, 6.07) is 6.22. The highest BCUT2D eigenvalue weighted by atomic mass is 32.2. The van der Waals surface area contributed by atoms with E-state index in [0.29, 0.717) is 5.92 Å². The minimum Gasteiger partial charge on any atom is -0.395 e. The summed E-state index contributed by atoms with van der Waals surface area (Å²) < 4.78 is 12.8. The fourth-order valence-corrected chi connectivity index (χ4v) is 2.65. The van der Waals surface area contributed by atoms with Gasteiger partial charge >= 0.3 is 0 Å². The van der Waals surface area contributed by atoms with Gasteiger partial charge < -0.3 is 10.8 Å². The predicted octanol–water partition coefficient (Wildman–Crippen LogP) is 2.65. The van der Waals surface area contributed by atoms with Crippen molar-refractivity contribution in [3.63, 3.8) is 0 Å². The molecule has 0 saturated carbocycles. The zero-order valence-electron chi connectivity index (χ0n) is 10.3. The molecule has 0 heterocycles. The van der Waals surface area contributed by atoms with E-state index in [1.165, 1.54) is 23.9 Å². The van der Waals surface area contributed by atoms with Crippen LogP contribution in [0, 0.1) is 11.7 Å². The lowest BCUT2D eigenvalue weighted by molar-refractivity contribution is 0.275. The average molecular weight is 257 g/mol. The van der Waals surface area contributed by atoms with Crippen molar-refractivity contribution in [2.75, 3.05) is 6.61 Å². The standard InChI is InChI=1S/C13H20FNOS/c1-9(2)7-12(15)13(8-16)17-11-5-3-10(14)4-6-11/h3-6,9,12-13,16H,7-8,15H2,1-2H3. The topological polar surface area (TPSA) is 46.2 Å². The normalized spacial score (nSPS) is 14.9. The maximum absolute atomic E-state index is 12.8. The molecule has 96 valence electrons. The fraction of sp³-hybridized carbons (Fsp3) is 0.538. The molecule has 3 N–H and O–H groups in total. The number of benzene rings is 1. The number of hydrogen-bond acceptors (Lipinski definition) is 3. The molecule has 0 aliphatic carbocycles. The second-order valence-corrected chi connectivity index (χ2v) is 5.90. The van der Waals surface area contributed by atoms with Crippen LogP contribution in [-0.4, -0.2) is 23.0 Å². The van der Waals surface area contributed by atoms with Gasteiger partial charge in [-0.05, 0) is 36.6 Å². The van der Waals surface area contributed by atoms with Crippen LogP contribution in [0.4, 0.5) is 4.39 Å². The highest BCUT2D eigenvalue weighted by Crippen LogP contribution is 2.26. The molecule has 17 heavy (non-hydrogen) atoms. The summed E-state index contributed by atoms with van der Waals surface area (Å²) >= 11 is 1.51. The molecule has 4 heteroatoms. The van der Waals surface area contributed by atoms with Crippen LogP contribution in [0.2, 0.25) is 0 Å².